The van der Waals surface area contributed by atoms with Crippen molar-refractivity contribution in [3.05, 3.63) is 34.9 Å². The SMILES string of the molecule is CCC(C)C(C)N1C(=O)CNC1c1cccc(Cl)c1. The Morgan fingerprint density at radius 3 is 2.84 bits per heavy atom. The molecule has 3 atom stereocenters. The van der Waals surface area contributed by atoms with Crippen LogP contribution >= 0.6 is 11.6 Å². The highest BCUT2D eigenvalue weighted by molar-refractivity contribution is 6.30. The Morgan fingerprint density at radius 1 is 1.47 bits per heavy atom. The molecular weight excluding hydrogens is 260 g/mol. The quantitative estimate of drug-likeness (QED) is 0.919. The number of amides is 1. The van der Waals surface area contributed by atoms with Crippen molar-refractivity contribution in [2.45, 2.75) is 39.4 Å². The van der Waals surface area contributed by atoms with Gasteiger partial charge in [-0.2, -0.15) is 0 Å². The van der Waals surface area contributed by atoms with E-state index in [1.165, 1.54) is 0 Å². The third-order valence-electron chi connectivity index (χ3n) is 4.08. The van der Waals surface area contributed by atoms with Gasteiger partial charge in [-0.3, -0.25) is 10.1 Å². The molecule has 3 unspecified atom stereocenters. The molecule has 1 N–H and O–H groups in total. The summed E-state index contributed by atoms with van der Waals surface area (Å²) in [7, 11) is 0. The fraction of sp³-hybridized carbons (Fsp3) is 0.533. The molecule has 1 aliphatic rings. The minimum Gasteiger partial charge on any atom is -0.319 e. The Kier molecular flexibility index (Phi) is 4.48. The van der Waals surface area contributed by atoms with Gasteiger partial charge in [0.05, 0.1) is 6.54 Å². The summed E-state index contributed by atoms with van der Waals surface area (Å²) in [5.74, 6) is 0.642. The molecule has 0 radical (unpaired) electrons. The average Bonchev–Trinajstić information content (AvgIpc) is 2.79. The zero-order chi connectivity index (χ0) is 14.0. The van der Waals surface area contributed by atoms with E-state index in [1.807, 2.05) is 29.2 Å². The first kappa shape index (κ1) is 14.4. The summed E-state index contributed by atoms with van der Waals surface area (Å²) in [5, 5.41) is 3.98. The average molecular weight is 281 g/mol. The van der Waals surface area contributed by atoms with Gasteiger partial charge in [-0.25, -0.2) is 0 Å². The molecule has 1 fully saturated rings. The van der Waals surface area contributed by atoms with Gasteiger partial charge in [0.15, 0.2) is 0 Å². The molecule has 1 aromatic carbocycles. The highest BCUT2D eigenvalue weighted by atomic mass is 35.5. The zero-order valence-corrected chi connectivity index (χ0v) is 12.4. The minimum atomic E-state index is -0.0600. The molecule has 1 amide bonds. The van der Waals surface area contributed by atoms with E-state index >= 15 is 0 Å². The number of halogens is 1. The number of nitrogens with zero attached hydrogens (tertiary/aromatic N) is 1. The van der Waals surface area contributed by atoms with Gasteiger partial charge in [0, 0.05) is 11.1 Å². The van der Waals surface area contributed by atoms with Gasteiger partial charge in [-0.1, -0.05) is 44.0 Å². The van der Waals surface area contributed by atoms with Crippen molar-refractivity contribution >= 4 is 17.5 Å². The van der Waals surface area contributed by atoms with E-state index in [-0.39, 0.29) is 18.1 Å². The lowest BCUT2D eigenvalue weighted by Gasteiger charge is -2.34. The number of carbonyl (C=O) groups excluding carboxylic acids is 1. The lowest BCUT2D eigenvalue weighted by molar-refractivity contribution is -0.131. The minimum absolute atomic E-state index is 0.0600. The first-order valence-corrected chi connectivity index (χ1v) is 7.22. The van der Waals surface area contributed by atoms with Gasteiger partial charge in [0.2, 0.25) is 5.91 Å². The van der Waals surface area contributed by atoms with Crippen LogP contribution in [0.5, 0.6) is 0 Å². The summed E-state index contributed by atoms with van der Waals surface area (Å²) in [5.41, 5.74) is 1.05. The summed E-state index contributed by atoms with van der Waals surface area (Å²) < 4.78 is 0. The van der Waals surface area contributed by atoms with Crippen molar-refractivity contribution in [1.82, 2.24) is 10.2 Å². The Hall–Kier alpha value is -1.06. The Balaban J connectivity index is 2.27. The second-order valence-electron chi connectivity index (χ2n) is 5.27. The molecule has 0 bridgehead atoms. The molecule has 0 aliphatic carbocycles. The van der Waals surface area contributed by atoms with Gasteiger partial charge < -0.3 is 4.90 Å². The van der Waals surface area contributed by atoms with Gasteiger partial charge in [-0.15, -0.1) is 0 Å². The van der Waals surface area contributed by atoms with Crippen molar-refractivity contribution in [1.29, 1.82) is 0 Å². The van der Waals surface area contributed by atoms with Crippen LogP contribution in [0, 0.1) is 5.92 Å². The number of hydrogen-bond acceptors (Lipinski definition) is 2. The van der Waals surface area contributed by atoms with Crippen LogP contribution in [-0.4, -0.2) is 23.4 Å². The summed E-state index contributed by atoms with van der Waals surface area (Å²) >= 11 is 6.05. The number of nitrogens with one attached hydrogen (secondary N) is 1. The second kappa shape index (κ2) is 5.93. The summed E-state index contributed by atoms with van der Waals surface area (Å²) in [6, 6.07) is 7.93. The molecule has 3 nitrogen and oxygen atoms in total. The summed E-state index contributed by atoms with van der Waals surface area (Å²) in [6.45, 7) is 6.86. The van der Waals surface area contributed by atoms with E-state index in [0.717, 1.165) is 12.0 Å². The van der Waals surface area contributed by atoms with Crippen molar-refractivity contribution in [3.63, 3.8) is 0 Å². The van der Waals surface area contributed by atoms with Crippen molar-refractivity contribution in [2.75, 3.05) is 6.54 Å². The molecule has 1 saturated heterocycles. The Labute approximate surface area is 119 Å². The van der Waals surface area contributed by atoms with Crippen LogP contribution in [-0.2, 0) is 4.79 Å². The van der Waals surface area contributed by atoms with E-state index in [2.05, 4.69) is 26.1 Å². The van der Waals surface area contributed by atoms with E-state index in [9.17, 15) is 4.79 Å². The van der Waals surface area contributed by atoms with Crippen LogP contribution in [0.15, 0.2) is 24.3 Å². The van der Waals surface area contributed by atoms with Crippen molar-refractivity contribution in [2.24, 2.45) is 5.92 Å². The first-order chi connectivity index (χ1) is 9.04. The van der Waals surface area contributed by atoms with E-state index in [1.54, 1.807) is 0 Å². The largest absolute Gasteiger partial charge is 0.319 e. The topological polar surface area (TPSA) is 32.3 Å². The van der Waals surface area contributed by atoms with E-state index in [0.29, 0.717) is 17.5 Å². The molecule has 1 heterocycles. The van der Waals surface area contributed by atoms with E-state index in [4.69, 9.17) is 11.6 Å². The summed E-state index contributed by atoms with van der Waals surface area (Å²) in [6.07, 6.45) is 1.00. The molecule has 1 aromatic rings. The monoisotopic (exact) mass is 280 g/mol. The third kappa shape index (κ3) is 2.93. The molecule has 2 rings (SSSR count). The van der Waals surface area contributed by atoms with Crippen LogP contribution < -0.4 is 5.32 Å². The maximum absolute atomic E-state index is 12.1. The number of benzene rings is 1. The highest BCUT2D eigenvalue weighted by Gasteiger charge is 2.36. The van der Waals surface area contributed by atoms with Crippen LogP contribution in [0.4, 0.5) is 0 Å². The highest BCUT2D eigenvalue weighted by Crippen LogP contribution is 2.29. The maximum Gasteiger partial charge on any atom is 0.238 e. The van der Waals surface area contributed by atoms with Gasteiger partial charge in [0.1, 0.15) is 6.17 Å². The molecule has 104 valence electrons. The van der Waals surface area contributed by atoms with Crippen LogP contribution in [0.3, 0.4) is 0 Å². The normalized spacial score (nSPS) is 22.6. The molecule has 0 spiro atoms. The van der Waals surface area contributed by atoms with E-state index < -0.39 is 0 Å². The second-order valence-corrected chi connectivity index (χ2v) is 5.70. The third-order valence-corrected chi connectivity index (χ3v) is 4.32. The van der Waals surface area contributed by atoms with Crippen molar-refractivity contribution in [3.8, 4) is 0 Å². The molecule has 0 saturated carbocycles. The molecule has 1 aliphatic heterocycles. The smallest absolute Gasteiger partial charge is 0.238 e. The molecule has 4 heteroatoms. The van der Waals surface area contributed by atoms with Crippen LogP contribution in [0.1, 0.15) is 38.9 Å². The molecule has 0 aromatic heterocycles. The Bertz CT molecular complexity index is 463. The molecular formula is C15H21ClN2O. The standard InChI is InChI=1S/C15H21ClN2O/c1-4-10(2)11(3)18-14(19)9-17-15(18)12-6-5-7-13(16)8-12/h5-8,10-11,15,17H,4,9H2,1-3H3. The van der Waals surface area contributed by atoms with Gasteiger partial charge in [-0.05, 0) is 30.5 Å². The molecule has 19 heavy (non-hydrogen) atoms. The maximum atomic E-state index is 12.1. The predicted molar refractivity (Wildman–Crippen MR) is 78.0 cm³/mol. The predicted octanol–water partition coefficient (Wildman–Crippen LogP) is 3.21. The van der Waals surface area contributed by atoms with Crippen molar-refractivity contribution < 1.29 is 4.79 Å². The number of carbonyl (C=O) groups is 1. The lowest BCUT2D eigenvalue weighted by atomic mass is 9.98. The zero-order valence-electron chi connectivity index (χ0n) is 11.7. The lowest BCUT2D eigenvalue weighted by Crippen LogP contribution is -2.41. The first-order valence-electron chi connectivity index (χ1n) is 6.84. The number of rotatable bonds is 4. The van der Waals surface area contributed by atoms with Gasteiger partial charge >= 0.3 is 0 Å². The fourth-order valence-electron chi connectivity index (χ4n) is 2.55. The Morgan fingerprint density at radius 2 is 2.21 bits per heavy atom. The summed E-state index contributed by atoms with van der Waals surface area (Å²) in [4.78, 5) is 14.1. The van der Waals surface area contributed by atoms with Crippen LogP contribution in [0.25, 0.3) is 0 Å². The van der Waals surface area contributed by atoms with Crippen LogP contribution in [0.2, 0.25) is 5.02 Å². The van der Waals surface area contributed by atoms with Gasteiger partial charge in [0.25, 0.3) is 0 Å². The fourth-order valence-corrected chi connectivity index (χ4v) is 2.75. The number of hydrogen-bond donors (Lipinski definition) is 1.